The van der Waals surface area contributed by atoms with Crippen molar-refractivity contribution in [1.29, 1.82) is 0 Å². The van der Waals surface area contributed by atoms with E-state index >= 15 is 0 Å². The fourth-order valence-electron chi connectivity index (χ4n) is 3.50. The first kappa shape index (κ1) is 17.2. The minimum Gasteiger partial charge on any atom is -0.354 e. The van der Waals surface area contributed by atoms with Gasteiger partial charge >= 0.3 is 0 Å². The Morgan fingerprint density at radius 1 is 1.04 bits per heavy atom. The molecule has 5 nitrogen and oxygen atoms in total. The monoisotopic (exact) mass is 358 g/mol. The fourth-order valence-corrected chi connectivity index (χ4v) is 3.50. The number of fused-ring (bicyclic) bond motifs is 1. The summed E-state index contributed by atoms with van der Waals surface area (Å²) in [5.41, 5.74) is 5.25. The number of para-hydroxylation sites is 1. The largest absolute Gasteiger partial charge is 0.354 e. The van der Waals surface area contributed by atoms with Gasteiger partial charge in [0, 0.05) is 28.9 Å². The van der Waals surface area contributed by atoms with Gasteiger partial charge in [-0.05, 0) is 42.7 Å². The summed E-state index contributed by atoms with van der Waals surface area (Å²) in [7, 11) is 0. The molecule has 0 atom stereocenters. The molecule has 4 aromatic rings. The number of aromatic amines is 2. The van der Waals surface area contributed by atoms with Crippen LogP contribution in [0.2, 0.25) is 0 Å². The molecule has 0 fully saturated rings. The van der Waals surface area contributed by atoms with E-state index in [-0.39, 0.29) is 5.56 Å². The van der Waals surface area contributed by atoms with Crippen molar-refractivity contribution < 1.29 is 0 Å². The van der Waals surface area contributed by atoms with Crippen molar-refractivity contribution >= 4 is 10.9 Å². The van der Waals surface area contributed by atoms with Gasteiger partial charge in [-0.25, -0.2) is 5.10 Å². The van der Waals surface area contributed by atoms with Crippen LogP contribution in [-0.2, 0) is 6.42 Å². The minimum absolute atomic E-state index is 0.184. The number of pyridine rings is 1. The molecule has 136 valence electrons. The zero-order chi connectivity index (χ0) is 18.6. The van der Waals surface area contributed by atoms with E-state index in [2.05, 4.69) is 39.2 Å². The molecule has 0 aliphatic rings. The van der Waals surface area contributed by atoms with Crippen LogP contribution < -0.4 is 5.56 Å². The Balaban J connectivity index is 1.86. The van der Waals surface area contributed by atoms with Crippen LogP contribution in [0.4, 0.5) is 0 Å². The van der Waals surface area contributed by atoms with Crippen LogP contribution in [0.5, 0.6) is 0 Å². The Labute approximate surface area is 157 Å². The van der Waals surface area contributed by atoms with E-state index in [1.165, 1.54) is 23.8 Å². The van der Waals surface area contributed by atoms with Crippen molar-refractivity contribution in [2.24, 2.45) is 0 Å². The number of hydrogen-bond donors (Lipinski definition) is 2. The quantitative estimate of drug-likeness (QED) is 0.490. The average Bonchev–Trinajstić information content (AvgIpc) is 3.08. The lowest BCUT2D eigenvalue weighted by molar-refractivity contribution is 0.720. The van der Waals surface area contributed by atoms with E-state index in [9.17, 15) is 4.79 Å². The third-order valence-electron chi connectivity index (χ3n) is 4.89. The van der Waals surface area contributed by atoms with Gasteiger partial charge in [-0.15, -0.1) is 0 Å². The summed E-state index contributed by atoms with van der Waals surface area (Å²) < 4.78 is 0. The molecule has 0 saturated carbocycles. The maximum absolute atomic E-state index is 12.6. The van der Waals surface area contributed by atoms with Gasteiger partial charge in [0.25, 0.3) is 5.56 Å². The summed E-state index contributed by atoms with van der Waals surface area (Å²) in [6.07, 6.45) is 7.83. The van der Waals surface area contributed by atoms with E-state index in [4.69, 9.17) is 0 Å². The number of benzene rings is 1. The first-order valence-corrected chi connectivity index (χ1v) is 9.38. The molecule has 1 aromatic carbocycles. The van der Waals surface area contributed by atoms with Crippen molar-refractivity contribution in [1.82, 2.24) is 20.2 Å². The number of aromatic nitrogens is 4. The van der Waals surface area contributed by atoms with Gasteiger partial charge < -0.3 is 4.98 Å². The molecule has 3 heterocycles. The maximum atomic E-state index is 12.6. The van der Waals surface area contributed by atoms with Crippen molar-refractivity contribution in [2.75, 3.05) is 0 Å². The lowest BCUT2D eigenvalue weighted by Crippen LogP contribution is -2.12. The molecule has 0 spiro atoms. The van der Waals surface area contributed by atoms with Crippen LogP contribution in [0.15, 0.2) is 59.7 Å². The predicted molar refractivity (Wildman–Crippen MR) is 109 cm³/mol. The highest BCUT2D eigenvalue weighted by molar-refractivity contribution is 5.91. The predicted octanol–water partition coefficient (Wildman–Crippen LogP) is 4.71. The lowest BCUT2D eigenvalue weighted by Gasteiger charge is -2.06. The van der Waals surface area contributed by atoms with Crippen molar-refractivity contribution in [3.05, 3.63) is 70.8 Å². The first-order chi connectivity index (χ1) is 13.3. The second kappa shape index (κ2) is 7.58. The van der Waals surface area contributed by atoms with E-state index in [0.717, 1.165) is 35.3 Å². The van der Waals surface area contributed by atoms with E-state index < -0.39 is 0 Å². The second-order valence-corrected chi connectivity index (χ2v) is 6.71. The molecular formula is C22H22N4O. The molecule has 5 heteroatoms. The smallest absolute Gasteiger partial charge is 0.273 e. The second-order valence-electron chi connectivity index (χ2n) is 6.71. The van der Waals surface area contributed by atoms with Crippen LogP contribution >= 0.6 is 0 Å². The topological polar surface area (TPSA) is 74.4 Å². The van der Waals surface area contributed by atoms with E-state index in [0.29, 0.717) is 5.56 Å². The molecule has 4 rings (SSSR count). The number of aryl methyl sites for hydroxylation is 1. The zero-order valence-electron chi connectivity index (χ0n) is 15.3. The fraction of sp³-hybridized carbons (Fsp3) is 0.227. The van der Waals surface area contributed by atoms with Crippen LogP contribution in [0.1, 0.15) is 31.7 Å². The summed E-state index contributed by atoms with van der Waals surface area (Å²) in [4.78, 5) is 20.1. The molecule has 0 bridgehead atoms. The molecule has 0 amide bonds. The van der Waals surface area contributed by atoms with Gasteiger partial charge in [0.1, 0.15) is 0 Å². The van der Waals surface area contributed by atoms with Crippen LogP contribution in [-0.4, -0.2) is 20.2 Å². The molecule has 0 aliphatic heterocycles. The number of hydrogen-bond acceptors (Lipinski definition) is 3. The SMILES string of the molecule is CCCCCc1c(-c2cc(-c3ccncc3)n[nH]c2=O)[nH]c2ccccc12. The van der Waals surface area contributed by atoms with Gasteiger partial charge in [-0.1, -0.05) is 38.0 Å². The highest BCUT2D eigenvalue weighted by Crippen LogP contribution is 2.31. The summed E-state index contributed by atoms with van der Waals surface area (Å²) in [6.45, 7) is 2.20. The van der Waals surface area contributed by atoms with Crippen molar-refractivity contribution in [3.63, 3.8) is 0 Å². The van der Waals surface area contributed by atoms with Gasteiger partial charge in [-0.3, -0.25) is 9.78 Å². The summed E-state index contributed by atoms with van der Waals surface area (Å²) in [5, 5.41) is 8.06. The number of nitrogens with one attached hydrogen (secondary N) is 2. The third kappa shape index (κ3) is 3.40. The Hall–Kier alpha value is -3.21. The Morgan fingerprint density at radius 2 is 1.85 bits per heavy atom. The summed E-state index contributed by atoms with van der Waals surface area (Å²) >= 11 is 0. The van der Waals surface area contributed by atoms with Gasteiger partial charge in [0.2, 0.25) is 0 Å². The van der Waals surface area contributed by atoms with Crippen LogP contribution in [0, 0.1) is 0 Å². The molecule has 3 aromatic heterocycles. The Morgan fingerprint density at radius 3 is 2.67 bits per heavy atom. The number of unbranched alkanes of at least 4 members (excludes halogenated alkanes) is 2. The normalized spacial score (nSPS) is 11.1. The van der Waals surface area contributed by atoms with Crippen LogP contribution in [0.3, 0.4) is 0 Å². The standard InChI is InChI=1S/C22H22N4O/c1-2-3-4-8-17-16-7-5-6-9-19(16)24-21(17)18-14-20(25-26-22(18)27)15-10-12-23-13-11-15/h5-7,9-14,24H,2-4,8H2,1H3,(H,26,27). The van der Waals surface area contributed by atoms with Crippen LogP contribution in [0.25, 0.3) is 33.4 Å². The maximum Gasteiger partial charge on any atom is 0.273 e. The molecule has 2 N–H and O–H groups in total. The number of rotatable bonds is 6. The van der Waals surface area contributed by atoms with Crippen molar-refractivity contribution in [2.45, 2.75) is 32.6 Å². The third-order valence-corrected chi connectivity index (χ3v) is 4.89. The van der Waals surface area contributed by atoms with Gasteiger partial charge in [0.05, 0.1) is 17.0 Å². The van der Waals surface area contributed by atoms with Crippen molar-refractivity contribution in [3.8, 4) is 22.5 Å². The Kier molecular flexibility index (Phi) is 4.83. The highest BCUT2D eigenvalue weighted by Gasteiger charge is 2.16. The zero-order valence-corrected chi connectivity index (χ0v) is 15.3. The molecule has 27 heavy (non-hydrogen) atoms. The van der Waals surface area contributed by atoms with Gasteiger partial charge in [0.15, 0.2) is 0 Å². The highest BCUT2D eigenvalue weighted by atomic mass is 16.1. The lowest BCUT2D eigenvalue weighted by atomic mass is 10.00. The molecule has 0 radical (unpaired) electrons. The molecule has 0 aliphatic carbocycles. The van der Waals surface area contributed by atoms with Gasteiger partial charge in [-0.2, -0.15) is 5.10 Å². The average molecular weight is 358 g/mol. The number of H-pyrrole nitrogens is 2. The first-order valence-electron chi connectivity index (χ1n) is 9.38. The molecular weight excluding hydrogens is 336 g/mol. The summed E-state index contributed by atoms with van der Waals surface area (Å²) in [6, 6.07) is 13.9. The number of nitrogens with zero attached hydrogens (tertiary/aromatic N) is 2. The molecule has 0 unspecified atom stereocenters. The Bertz CT molecular complexity index is 1110. The van der Waals surface area contributed by atoms with E-state index in [1.807, 2.05) is 30.3 Å². The summed E-state index contributed by atoms with van der Waals surface area (Å²) in [5.74, 6) is 0. The molecule has 0 saturated heterocycles. The van der Waals surface area contributed by atoms with E-state index in [1.54, 1.807) is 12.4 Å². The minimum atomic E-state index is -0.184.